The van der Waals surface area contributed by atoms with Crippen LogP contribution in [-0.4, -0.2) is 21.9 Å². The Kier molecular flexibility index (Phi) is 3.47. The van der Waals surface area contributed by atoms with E-state index in [4.69, 9.17) is 17.4 Å². The first-order valence-corrected chi connectivity index (χ1v) is 5.65. The number of rotatable bonds is 3. The molecular weight excluding hydrogens is 254 g/mol. The SMILES string of the molecule is CNc1nnc(Cc2ccc(Cl)cc2)c(=O)n1N. The van der Waals surface area contributed by atoms with Crippen molar-refractivity contribution >= 4 is 17.5 Å². The van der Waals surface area contributed by atoms with Crippen molar-refractivity contribution in [2.75, 3.05) is 18.2 Å². The van der Waals surface area contributed by atoms with Crippen LogP contribution in [0.15, 0.2) is 29.1 Å². The van der Waals surface area contributed by atoms with Crippen molar-refractivity contribution in [3.8, 4) is 0 Å². The molecular formula is C11H12ClN5O. The maximum absolute atomic E-state index is 11.9. The summed E-state index contributed by atoms with van der Waals surface area (Å²) >= 11 is 5.79. The molecule has 0 saturated carbocycles. The van der Waals surface area contributed by atoms with Crippen LogP contribution in [-0.2, 0) is 6.42 Å². The van der Waals surface area contributed by atoms with E-state index < -0.39 is 0 Å². The molecule has 0 atom stereocenters. The number of aromatic nitrogens is 3. The molecule has 1 aromatic heterocycles. The van der Waals surface area contributed by atoms with E-state index >= 15 is 0 Å². The number of nitrogens with zero attached hydrogens (tertiary/aromatic N) is 3. The van der Waals surface area contributed by atoms with Crippen LogP contribution in [0.4, 0.5) is 5.95 Å². The summed E-state index contributed by atoms with van der Waals surface area (Å²) in [7, 11) is 1.62. The molecule has 0 radical (unpaired) electrons. The van der Waals surface area contributed by atoms with E-state index in [1.807, 2.05) is 12.1 Å². The quantitative estimate of drug-likeness (QED) is 0.796. The zero-order valence-electron chi connectivity index (χ0n) is 9.72. The van der Waals surface area contributed by atoms with Crippen LogP contribution in [0, 0.1) is 0 Å². The van der Waals surface area contributed by atoms with Crippen LogP contribution in [0.5, 0.6) is 0 Å². The first-order chi connectivity index (χ1) is 8.61. The fraction of sp³-hybridized carbons (Fsp3) is 0.182. The van der Waals surface area contributed by atoms with Crippen molar-refractivity contribution in [3.63, 3.8) is 0 Å². The molecule has 0 spiro atoms. The molecule has 1 aromatic carbocycles. The average Bonchev–Trinajstić information content (AvgIpc) is 2.38. The summed E-state index contributed by atoms with van der Waals surface area (Å²) in [5.41, 5.74) is 0.839. The Labute approximate surface area is 108 Å². The molecule has 0 aliphatic carbocycles. The van der Waals surface area contributed by atoms with Gasteiger partial charge in [0.25, 0.3) is 5.56 Å². The van der Waals surface area contributed by atoms with Gasteiger partial charge in [-0.1, -0.05) is 23.7 Å². The third-order valence-electron chi connectivity index (χ3n) is 2.47. The zero-order valence-corrected chi connectivity index (χ0v) is 10.5. The van der Waals surface area contributed by atoms with Crippen molar-refractivity contribution in [1.29, 1.82) is 0 Å². The second kappa shape index (κ2) is 5.05. The van der Waals surface area contributed by atoms with Gasteiger partial charge in [0.2, 0.25) is 5.95 Å². The molecule has 0 bridgehead atoms. The van der Waals surface area contributed by atoms with Crippen LogP contribution in [0.3, 0.4) is 0 Å². The molecule has 0 saturated heterocycles. The summed E-state index contributed by atoms with van der Waals surface area (Å²) in [5, 5.41) is 11.0. The van der Waals surface area contributed by atoms with E-state index in [0.29, 0.717) is 17.1 Å². The van der Waals surface area contributed by atoms with Gasteiger partial charge in [-0.3, -0.25) is 4.79 Å². The normalized spacial score (nSPS) is 10.3. The van der Waals surface area contributed by atoms with Gasteiger partial charge in [-0.25, -0.2) is 0 Å². The number of hydrogen-bond donors (Lipinski definition) is 2. The van der Waals surface area contributed by atoms with Gasteiger partial charge in [-0.05, 0) is 17.7 Å². The first kappa shape index (κ1) is 12.4. The number of nitrogens with one attached hydrogen (secondary N) is 1. The lowest BCUT2D eigenvalue weighted by atomic mass is 10.1. The average molecular weight is 266 g/mol. The molecule has 2 rings (SSSR count). The molecule has 0 fully saturated rings. The monoisotopic (exact) mass is 265 g/mol. The lowest BCUT2D eigenvalue weighted by Gasteiger charge is -2.06. The highest BCUT2D eigenvalue weighted by Gasteiger charge is 2.09. The van der Waals surface area contributed by atoms with Crippen molar-refractivity contribution in [2.24, 2.45) is 0 Å². The Morgan fingerprint density at radius 3 is 2.61 bits per heavy atom. The van der Waals surface area contributed by atoms with Crippen LogP contribution >= 0.6 is 11.6 Å². The number of nitrogens with two attached hydrogens (primary N) is 1. The molecule has 18 heavy (non-hydrogen) atoms. The molecule has 0 aliphatic heterocycles. The van der Waals surface area contributed by atoms with Crippen molar-refractivity contribution in [1.82, 2.24) is 14.9 Å². The summed E-state index contributed by atoms with van der Waals surface area (Å²) in [6.07, 6.45) is 0.365. The Balaban J connectivity index is 2.33. The zero-order chi connectivity index (χ0) is 13.1. The molecule has 6 nitrogen and oxygen atoms in total. The summed E-state index contributed by atoms with van der Waals surface area (Å²) in [6, 6.07) is 7.17. The minimum atomic E-state index is -0.371. The van der Waals surface area contributed by atoms with Gasteiger partial charge in [-0.15, -0.1) is 10.2 Å². The predicted octanol–water partition coefficient (Wildman–Crippen LogP) is 0.638. The number of nitrogen functional groups attached to an aromatic ring is 1. The van der Waals surface area contributed by atoms with E-state index in [1.165, 1.54) is 0 Å². The number of halogens is 1. The highest BCUT2D eigenvalue weighted by molar-refractivity contribution is 6.30. The van der Waals surface area contributed by atoms with Gasteiger partial charge in [0.15, 0.2) is 0 Å². The Bertz CT molecular complexity index is 608. The predicted molar refractivity (Wildman–Crippen MR) is 70.2 cm³/mol. The van der Waals surface area contributed by atoms with E-state index in [0.717, 1.165) is 10.2 Å². The Morgan fingerprint density at radius 2 is 2.00 bits per heavy atom. The van der Waals surface area contributed by atoms with Gasteiger partial charge in [0.1, 0.15) is 5.69 Å². The van der Waals surface area contributed by atoms with Crippen LogP contribution in [0.1, 0.15) is 11.3 Å². The summed E-state index contributed by atoms with van der Waals surface area (Å²) < 4.78 is 0.943. The van der Waals surface area contributed by atoms with Crippen molar-refractivity contribution in [2.45, 2.75) is 6.42 Å². The maximum atomic E-state index is 11.9. The minimum Gasteiger partial charge on any atom is -0.356 e. The summed E-state index contributed by atoms with van der Waals surface area (Å²) in [4.78, 5) is 11.9. The highest BCUT2D eigenvalue weighted by atomic mass is 35.5. The minimum absolute atomic E-state index is 0.222. The summed E-state index contributed by atoms with van der Waals surface area (Å²) in [5.74, 6) is 5.81. The second-order valence-corrected chi connectivity index (χ2v) is 4.14. The van der Waals surface area contributed by atoms with E-state index in [1.54, 1.807) is 19.2 Å². The molecule has 2 aromatic rings. The first-order valence-electron chi connectivity index (χ1n) is 5.27. The number of hydrogen-bond acceptors (Lipinski definition) is 5. The van der Waals surface area contributed by atoms with Crippen molar-refractivity contribution in [3.05, 3.63) is 50.9 Å². The second-order valence-electron chi connectivity index (χ2n) is 3.70. The molecule has 7 heteroatoms. The van der Waals surface area contributed by atoms with Gasteiger partial charge < -0.3 is 11.2 Å². The van der Waals surface area contributed by atoms with Gasteiger partial charge >= 0.3 is 0 Å². The topological polar surface area (TPSA) is 85.8 Å². The Hall–Kier alpha value is -2.08. The van der Waals surface area contributed by atoms with Crippen LogP contribution < -0.4 is 16.7 Å². The van der Waals surface area contributed by atoms with Gasteiger partial charge in [0, 0.05) is 18.5 Å². The maximum Gasteiger partial charge on any atom is 0.295 e. The van der Waals surface area contributed by atoms with E-state index in [-0.39, 0.29) is 11.5 Å². The molecule has 0 aliphatic rings. The third-order valence-corrected chi connectivity index (χ3v) is 2.72. The van der Waals surface area contributed by atoms with Crippen LogP contribution in [0.2, 0.25) is 5.02 Å². The third kappa shape index (κ3) is 2.43. The molecule has 3 N–H and O–H groups in total. The highest BCUT2D eigenvalue weighted by Crippen LogP contribution is 2.11. The molecule has 0 amide bonds. The van der Waals surface area contributed by atoms with E-state index in [2.05, 4.69) is 15.5 Å². The largest absolute Gasteiger partial charge is 0.356 e. The standard InChI is InChI=1S/C11H12ClN5O/c1-14-11-16-15-9(10(18)17(11)13)6-7-2-4-8(12)5-3-7/h2-5H,6,13H2,1H3,(H,14,16). The Morgan fingerprint density at radius 1 is 1.33 bits per heavy atom. The fourth-order valence-electron chi connectivity index (χ4n) is 1.51. The van der Waals surface area contributed by atoms with Gasteiger partial charge in [0.05, 0.1) is 0 Å². The lowest BCUT2D eigenvalue weighted by Crippen LogP contribution is -2.34. The number of benzene rings is 1. The van der Waals surface area contributed by atoms with Gasteiger partial charge in [-0.2, -0.15) is 4.68 Å². The number of anilines is 1. The molecule has 94 valence electrons. The molecule has 1 heterocycles. The van der Waals surface area contributed by atoms with E-state index in [9.17, 15) is 4.79 Å². The van der Waals surface area contributed by atoms with Crippen molar-refractivity contribution < 1.29 is 0 Å². The smallest absolute Gasteiger partial charge is 0.295 e. The van der Waals surface area contributed by atoms with Crippen LogP contribution in [0.25, 0.3) is 0 Å². The fourth-order valence-corrected chi connectivity index (χ4v) is 1.64. The molecule has 0 unspecified atom stereocenters. The lowest BCUT2D eigenvalue weighted by molar-refractivity contribution is 0.786. The summed E-state index contributed by atoms with van der Waals surface area (Å²) in [6.45, 7) is 0.